The smallest absolute Gasteiger partial charge is 0.280 e. The highest BCUT2D eigenvalue weighted by molar-refractivity contribution is 7.15. The second kappa shape index (κ2) is 11.3. The maximum absolute atomic E-state index is 13.5. The average molecular weight is 508 g/mol. The van der Waals surface area contributed by atoms with Gasteiger partial charge in [0.05, 0.1) is 19.9 Å². The lowest BCUT2D eigenvalue weighted by Gasteiger charge is -2.14. The van der Waals surface area contributed by atoms with Crippen molar-refractivity contribution in [1.29, 1.82) is 0 Å². The molecule has 0 unspecified atom stereocenters. The Morgan fingerprint density at radius 1 is 1.22 bits per heavy atom. The number of ether oxygens (including phenoxy) is 1. The SMILES string of the molecule is COc1cnc(C(F)F)cc1-c1cc(C#CCN(C)C)ccc1C(=O)Nc1nnc(C#CC2CC2)s1. The summed E-state index contributed by atoms with van der Waals surface area (Å²) in [4.78, 5) is 19.0. The number of halogens is 2. The van der Waals surface area contributed by atoms with Gasteiger partial charge in [-0.2, -0.15) is 0 Å². The Morgan fingerprint density at radius 2 is 2.03 bits per heavy atom. The molecule has 4 rings (SSSR count). The van der Waals surface area contributed by atoms with Crippen molar-refractivity contribution in [2.24, 2.45) is 5.92 Å². The zero-order valence-electron chi connectivity index (χ0n) is 19.9. The van der Waals surface area contributed by atoms with Gasteiger partial charge in [-0.05, 0) is 62.7 Å². The summed E-state index contributed by atoms with van der Waals surface area (Å²) in [6, 6.07) is 6.21. The average Bonchev–Trinajstić information content (AvgIpc) is 3.59. The molecule has 10 heteroatoms. The number of nitrogens with one attached hydrogen (secondary N) is 1. The van der Waals surface area contributed by atoms with Crippen LogP contribution < -0.4 is 10.1 Å². The Kier molecular flexibility index (Phi) is 7.89. The molecule has 1 N–H and O–H groups in total. The molecule has 1 aliphatic carbocycles. The maximum atomic E-state index is 13.5. The molecule has 0 aliphatic heterocycles. The molecule has 2 aromatic heterocycles. The van der Waals surface area contributed by atoms with Crippen LogP contribution in [0.1, 0.15) is 45.9 Å². The second-order valence-corrected chi connectivity index (χ2v) is 9.30. The maximum Gasteiger partial charge on any atom is 0.280 e. The molecule has 0 atom stereocenters. The van der Waals surface area contributed by atoms with Crippen molar-refractivity contribution in [3.63, 3.8) is 0 Å². The predicted octanol–water partition coefficient (Wildman–Crippen LogP) is 4.47. The molecule has 184 valence electrons. The molecule has 1 amide bonds. The lowest BCUT2D eigenvalue weighted by molar-refractivity contribution is 0.102. The Labute approximate surface area is 211 Å². The predicted molar refractivity (Wildman–Crippen MR) is 134 cm³/mol. The number of rotatable bonds is 6. The minimum absolute atomic E-state index is 0.235. The number of pyridine rings is 1. The standard InChI is InChI=1S/C26H23F2N5O2S/c1-33(2)12-4-5-17-8-10-18(19(13-17)20-14-21(24(27)28)29-15-22(20)35-3)25(34)30-26-32-31-23(36-26)11-9-16-6-7-16/h8,10,13-16,24H,6-7,12H2,1-3H3,(H,30,32,34). The number of hydrogen-bond donors (Lipinski definition) is 1. The number of anilines is 1. The lowest BCUT2D eigenvalue weighted by atomic mass is 9.96. The molecular formula is C26H23F2N5O2S. The molecule has 1 aromatic carbocycles. The van der Waals surface area contributed by atoms with Gasteiger partial charge in [-0.3, -0.25) is 20.0 Å². The molecule has 0 saturated heterocycles. The normalized spacial score (nSPS) is 12.5. The van der Waals surface area contributed by atoms with Gasteiger partial charge in [-0.25, -0.2) is 8.78 Å². The van der Waals surface area contributed by atoms with Crippen LogP contribution in [0.5, 0.6) is 5.75 Å². The highest BCUT2D eigenvalue weighted by Gasteiger charge is 2.21. The fourth-order valence-electron chi connectivity index (χ4n) is 3.17. The summed E-state index contributed by atoms with van der Waals surface area (Å²) in [6.07, 6.45) is 0.628. The summed E-state index contributed by atoms with van der Waals surface area (Å²) in [7, 11) is 5.21. The number of hydrogen-bond acceptors (Lipinski definition) is 7. The quantitative estimate of drug-likeness (QED) is 0.496. The fourth-order valence-corrected chi connectivity index (χ4v) is 3.77. The van der Waals surface area contributed by atoms with Gasteiger partial charge >= 0.3 is 0 Å². The minimum Gasteiger partial charge on any atom is -0.494 e. The number of carbonyl (C=O) groups is 1. The van der Waals surface area contributed by atoms with Crippen molar-refractivity contribution in [3.8, 4) is 40.6 Å². The third-order valence-corrected chi connectivity index (χ3v) is 5.87. The van der Waals surface area contributed by atoms with Crippen molar-refractivity contribution in [2.75, 3.05) is 33.1 Å². The van der Waals surface area contributed by atoms with Crippen molar-refractivity contribution in [2.45, 2.75) is 19.3 Å². The Morgan fingerprint density at radius 3 is 2.72 bits per heavy atom. The van der Waals surface area contributed by atoms with Gasteiger partial charge in [-0.1, -0.05) is 29.1 Å². The highest BCUT2D eigenvalue weighted by Crippen LogP contribution is 2.35. The summed E-state index contributed by atoms with van der Waals surface area (Å²) >= 11 is 1.17. The third kappa shape index (κ3) is 6.42. The summed E-state index contributed by atoms with van der Waals surface area (Å²) in [6.45, 7) is 0.536. The largest absolute Gasteiger partial charge is 0.494 e. The van der Waals surface area contributed by atoms with E-state index in [0.717, 1.165) is 12.8 Å². The van der Waals surface area contributed by atoms with Crippen LogP contribution in [0.2, 0.25) is 0 Å². The van der Waals surface area contributed by atoms with Gasteiger partial charge < -0.3 is 4.74 Å². The van der Waals surface area contributed by atoms with Crippen LogP contribution in [-0.2, 0) is 0 Å². The van der Waals surface area contributed by atoms with Gasteiger partial charge in [0.25, 0.3) is 12.3 Å². The number of amides is 1. The molecule has 0 spiro atoms. The van der Waals surface area contributed by atoms with E-state index >= 15 is 0 Å². The van der Waals surface area contributed by atoms with E-state index in [-0.39, 0.29) is 16.4 Å². The van der Waals surface area contributed by atoms with Gasteiger partial charge in [-0.15, -0.1) is 10.2 Å². The van der Waals surface area contributed by atoms with Gasteiger partial charge in [0, 0.05) is 22.6 Å². The van der Waals surface area contributed by atoms with E-state index in [1.54, 1.807) is 18.2 Å². The van der Waals surface area contributed by atoms with Gasteiger partial charge in [0.1, 0.15) is 11.4 Å². The zero-order valence-corrected chi connectivity index (χ0v) is 20.7. The first kappa shape index (κ1) is 25.2. The van der Waals surface area contributed by atoms with Crippen LogP contribution in [0, 0.1) is 29.6 Å². The van der Waals surface area contributed by atoms with Crippen LogP contribution >= 0.6 is 11.3 Å². The molecule has 1 fully saturated rings. The summed E-state index contributed by atoms with van der Waals surface area (Å²) < 4.78 is 32.3. The third-order valence-electron chi connectivity index (χ3n) is 5.12. The fraction of sp³-hybridized carbons (Fsp3) is 0.308. The van der Waals surface area contributed by atoms with E-state index in [2.05, 4.69) is 44.2 Å². The van der Waals surface area contributed by atoms with Crippen LogP contribution in [0.25, 0.3) is 11.1 Å². The molecule has 0 bridgehead atoms. The van der Waals surface area contributed by atoms with E-state index in [9.17, 15) is 13.6 Å². The molecule has 36 heavy (non-hydrogen) atoms. The molecule has 7 nitrogen and oxygen atoms in total. The summed E-state index contributed by atoms with van der Waals surface area (Å²) in [5.41, 5.74) is 1.11. The first-order valence-corrected chi connectivity index (χ1v) is 11.9. The molecule has 0 radical (unpaired) electrons. The van der Waals surface area contributed by atoms with Crippen molar-refractivity contribution >= 4 is 22.4 Å². The summed E-state index contributed by atoms with van der Waals surface area (Å²) in [5.74, 6) is 12.4. The van der Waals surface area contributed by atoms with Crippen LogP contribution in [0.15, 0.2) is 30.5 Å². The van der Waals surface area contributed by atoms with Crippen LogP contribution in [0.4, 0.5) is 13.9 Å². The number of aromatic nitrogens is 3. The van der Waals surface area contributed by atoms with E-state index in [0.29, 0.717) is 34.2 Å². The highest BCUT2D eigenvalue weighted by atomic mass is 32.1. The topological polar surface area (TPSA) is 80.2 Å². The number of alkyl halides is 2. The number of benzene rings is 1. The molecule has 2 heterocycles. The monoisotopic (exact) mass is 507 g/mol. The second-order valence-electron chi connectivity index (χ2n) is 8.32. The number of methoxy groups -OCH3 is 1. The van der Waals surface area contributed by atoms with Crippen LogP contribution in [-0.4, -0.2) is 53.7 Å². The zero-order chi connectivity index (χ0) is 25.7. The van der Waals surface area contributed by atoms with Crippen molar-refractivity contribution in [1.82, 2.24) is 20.1 Å². The van der Waals surface area contributed by atoms with Crippen molar-refractivity contribution in [3.05, 3.63) is 52.3 Å². The molecule has 1 aliphatic rings. The lowest BCUT2D eigenvalue weighted by Crippen LogP contribution is -2.13. The first-order chi connectivity index (χ1) is 17.3. The van der Waals surface area contributed by atoms with E-state index < -0.39 is 18.0 Å². The van der Waals surface area contributed by atoms with E-state index in [1.807, 2.05) is 19.0 Å². The summed E-state index contributed by atoms with van der Waals surface area (Å²) in [5, 5.41) is 11.5. The minimum atomic E-state index is -2.79. The first-order valence-electron chi connectivity index (χ1n) is 11.1. The van der Waals surface area contributed by atoms with Crippen LogP contribution in [0.3, 0.4) is 0 Å². The molecule has 3 aromatic rings. The Bertz CT molecular complexity index is 1390. The molecular weight excluding hydrogens is 484 g/mol. The Hall–Kier alpha value is -3.86. The number of nitrogens with zero attached hydrogens (tertiary/aromatic N) is 4. The molecule has 1 saturated carbocycles. The number of carbonyl (C=O) groups excluding carboxylic acids is 1. The Balaban J connectivity index is 1.71. The van der Waals surface area contributed by atoms with Gasteiger partial charge in [0.2, 0.25) is 5.13 Å². The van der Waals surface area contributed by atoms with E-state index in [4.69, 9.17) is 4.74 Å². The van der Waals surface area contributed by atoms with E-state index in [1.165, 1.54) is 30.7 Å². The van der Waals surface area contributed by atoms with Crippen molar-refractivity contribution < 1.29 is 18.3 Å². The van der Waals surface area contributed by atoms with Gasteiger partial charge in [0.15, 0.2) is 5.01 Å².